The Hall–Kier alpha value is -3.53. The Labute approximate surface area is 195 Å². The van der Waals surface area contributed by atoms with Crippen molar-refractivity contribution >= 4 is 33.4 Å². The van der Waals surface area contributed by atoms with Crippen LogP contribution in [0.5, 0.6) is 11.8 Å². The number of benzene rings is 1. The van der Waals surface area contributed by atoms with Gasteiger partial charge in [0.2, 0.25) is 0 Å². The average molecular weight is 461 g/mol. The SMILES string of the molecule is CNc1cc(F)c2c3c1[nH]c1nc(Oc4cnc(C)nc4)nc(c13)N1C(C2)CC2CC(N)CC21. The molecule has 7 rings (SSSR count). The van der Waals surface area contributed by atoms with E-state index in [0.717, 1.165) is 46.9 Å². The van der Waals surface area contributed by atoms with E-state index in [1.54, 1.807) is 25.5 Å². The molecular weight excluding hydrogens is 435 g/mol. The minimum atomic E-state index is -0.198. The van der Waals surface area contributed by atoms with Crippen molar-refractivity contribution in [1.82, 2.24) is 24.9 Å². The van der Waals surface area contributed by atoms with Gasteiger partial charge in [-0.05, 0) is 44.6 Å². The third kappa shape index (κ3) is 2.74. The number of anilines is 2. The number of aromatic amines is 1. The quantitative estimate of drug-likeness (QED) is 0.426. The predicted molar refractivity (Wildman–Crippen MR) is 127 cm³/mol. The number of fused-ring (bicyclic) bond motifs is 4. The fraction of sp³-hybridized carbons (Fsp3) is 0.417. The smallest absolute Gasteiger partial charge is 0.326 e. The lowest BCUT2D eigenvalue weighted by Crippen LogP contribution is -2.39. The van der Waals surface area contributed by atoms with E-state index in [2.05, 4.69) is 30.2 Å². The summed E-state index contributed by atoms with van der Waals surface area (Å²) in [5.41, 5.74) is 9.23. The molecule has 4 N–H and O–H groups in total. The van der Waals surface area contributed by atoms with Crippen LogP contribution in [0.25, 0.3) is 21.9 Å². The van der Waals surface area contributed by atoms with E-state index in [-0.39, 0.29) is 30.0 Å². The van der Waals surface area contributed by atoms with Crippen LogP contribution < -0.4 is 20.7 Å². The predicted octanol–water partition coefficient (Wildman–Crippen LogP) is 3.42. The second-order valence-corrected chi connectivity index (χ2v) is 9.69. The number of aryl methyl sites for hydroxylation is 1. The molecule has 4 aromatic rings. The monoisotopic (exact) mass is 460 g/mol. The molecule has 0 radical (unpaired) electrons. The number of halogens is 1. The zero-order chi connectivity index (χ0) is 23.1. The molecular formula is C24H25FN8O. The van der Waals surface area contributed by atoms with Gasteiger partial charge in [0.15, 0.2) is 5.75 Å². The number of nitrogens with one attached hydrogen (secondary N) is 2. The number of H-pyrrole nitrogens is 1. The van der Waals surface area contributed by atoms with E-state index in [0.29, 0.717) is 35.2 Å². The highest BCUT2D eigenvalue weighted by Gasteiger charge is 2.49. The Balaban J connectivity index is 1.48. The molecule has 2 fully saturated rings. The molecule has 0 amide bonds. The molecule has 3 aliphatic rings. The third-order valence-corrected chi connectivity index (χ3v) is 7.68. The molecule has 0 spiro atoms. The van der Waals surface area contributed by atoms with Crippen LogP contribution in [-0.2, 0) is 6.42 Å². The van der Waals surface area contributed by atoms with Crippen molar-refractivity contribution in [2.75, 3.05) is 17.3 Å². The van der Waals surface area contributed by atoms with Crippen molar-refractivity contribution in [1.29, 1.82) is 0 Å². The maximum absolute atomic E-state index is 15.4. The van der Waals surface area contributed by atoms with Crippen molar-refractivity contribution in [3.8, 4) is 11.8 Å². The van der Waals surface area contributed by atoms with Crippen molar-refractivity contribution < 1.29 is 9.13 Å². The van der Waals surface area contributed by atoms with Gasteiger partial charge in [0, 0.05) is 36.1 Å². The topological polar surface area (TPSA) is 118 Å². The van der Waals surface area contributed by atoms with Gasteiger partial charge < -0.3 is 25.7 Å². The van der Waals surface area contributed by atoms with Crippen LogP contribution in [0.15, 0.2) is 18.5 Å². The molecule has 1 aliphatic carbocycles. The summed E-state index contributed by atoms with van der Waals surface area (Å²) in [6, 6.07) is 2.39. The summed E-state index contributed by atoms with van der Waals surface area (Å²) in [5.74, 6) is 2.19. The first kappa shape index (κ1) is 19.9. The number of aromatic nitrogens is 5. The minimum absolute atomic E-state index is 0.154. The molecule has 2 aliphatic heterocycles. The zero-order valence-electron chi connectivity index (χ0n) is 19.0. The largest absolute Gasteiger partial charge is 0.421 e. The van der Waals surface area contributed by atoms with Crippen LogP contribution in [0, 0.1) is 18.7 Å². The van der Waals surface area contributed by atoms with E-state index in [1.807, 2.05) is 6.92 Å². The van der Waals surface area contributed by atoms with Gasteiger partial charge >= 0.3 is 6.01 Å². The second kappa shape index (κ2) is 6.99. The first-order valence-corrected chi connectivity index (χ1v) is 11.7. The molecule has 3 aromatic heterocycles. The van der Waals surface area contributed by atoms with Gasteiger partial charge in [-0.15, -0.1) is 0 Å². The van der Waals surface area contributed by atoms with Crippen LogP contribution in [0.4, 0.5) is 15.9 Å². The van der Waals surface area contributed by atoms with Crippen molar-refractivity contribution in [2.45, 2.75) is 50.7 Å². The maximum Gasteiger partial charge on any atom is 0.326 e. The number of nitrogens with zero attached hydrogens (tertiary/aromatic N) is 5. The van der Waals surface area contributed by atoms with Gasteiger partial charge in [-0.25, -0.2) is 14.4 Å². The third-order valence-electron chi connectivity index (χ3n) is 7.68. The molecule has 1 saturated carbocycles. The van der Waals surface area contributed by atoms with E-state index in [9.17, 15) is 0 Å². The van der Waals surface area contributed by atoms with Crippen LogP contribution in [-0.4, -0.2) is 50.1 Å². The summed E-state index contributed by atoms with van der Waals surface area (Å²) in [5, 5.41) is 4.82. The Kier molecular flexibility index (Phi) is 4.09. The van der Waals surface area contributed by atoms with Gasteiger partial charge in [0.05, 0.1) is 29.0 Å². The second-order valence-electron chi connectivity index (χ2n) is 9.69. The molecule has 10 heteroatoms. The van der Waals surface area contributed by atoms with Gasteiger partial charge in [-0.1, -0.05) is 0 Å². The fourth-order valence-electron chi connectivity index (χ4n) is 6.35. The summed E-state index contributed by atoms with van der Waals surface area (Å²) in [6.07, 6.45) is 6.72. The lowest BCUT2D eigenvalue weighted by atomic mass is 9.95. The number of hydrogen-bond donors (Lipinski definition) is 3. The standard InChI is InChI=1S/C24H25FN8O/c1-10-28-8-14(9-29-10)34-24-31-22-20-19-15(16(25)7-17(27-2)21(19)30-22)6-13-4-11-3-12(26)5-18(11)33(13)23(20)32-24/h7-9,11-13,18,27H,3-6,26H2,1-2H3,(H,30,31,32). The summed E-state index contributed by atoms with van der Waals surface area (Å²) in [6.45, 7) is 1.82. The van der Waals surface area contributed by atoms with Crippen LogP contribution >= 0.6 is 0 Å². The first-order valence-electron chi connectivity index (χ1n) is 11.7. The summed E-state index contributed by atoms with van der Waals surface area (Å²) in [7, 11) is 1.79. The normalized spacial score (nSPS) is 25.1. The van der Waals surface area contributed by atoms with E-state index in [1.165, 1.54) is 0 Å². The van der Waals surface area contributed by atoms with Gasteiger partial charge in [-0.3, -0.25) is 0 Å². The molecule has 4 unspecified atom stereocenters. The minimum Gasteiger partial charge on any atom is -0.421 e. The zero-order valence-corrected chi connectivity index (χ0v) is 19.0. The van der Waals surface area contributed by atoms with Crippen LogP contribution in [0.1, 0.15) is 30.7 Å². The number of rotatable bonds is 3. The van der Waals surface area contributed by atoms with E-state index >= 15 is 4.39 Å². The number of hydrogen-bond acceptors (Lipinski definition) is 8. The van der Waals surface area contributed by atoms with Crippen LogP contribution in [0.3, 0.4) is 0 Å². The fourth-order valence-corrected chi connectivity index (χ4v) is 6.35. The Morgan fingerprint density at radius 1 is 1.18 bits per heavy atom. The summed E-state index contributed by atoms with van der Waals surface area (Å²) >= 11 is 0. The molecule has 5 heterocycles. The van der Waals surface area contributed by atoms with Crippen molar-refractivity contribution in [3.63, 3.8) is 0 Å². The highest BCUT2D eigenvalue weighted by molar-refractivity contribution is 6.16. The molecule has 1 saturated heterocycles. The number of ether oxygens (including phenoxy) is 1. The highest BCUT2D eigenvalue weighted by atomic mass is 19.1. The lowest BCUT2D eigenvalue weighted by Gasteiger charge is -2.31. The van der Waals surface area contributed by atoms with Gasteiger partial charge in [0.1, 0.15) is 23.1 Å². The van der Waals surface area contributed by atoms with Crippen molar-refractivity contribution in [2.24, 2.45) is 11.7 Å². The molecule has 9 nitrogen and oxygen atoms in total. The highest BCUT2D eigenvalue weighted by Crippen LogP contribution is 2.50. The van der Waals surface area contributed by atoms with Gasteiger partial charge in [0.25, 0.3) is 0 Å². The maximum atomic E-state index is 15.4. The van der Waals surface area contributed by atoms with Gasteiger partial charge in [-0.2, -0.15) is 9.97 Å². The number of nitrogens with two attached hydrogens (primary N) is 1. The lowest BCUT2D eigenvalue weighted by molar-refractivity contribution is 0.437. The Morgan fingerprint density at radius 2 is 2.00 bits per heavy atom. The molecule has 174 valence electrons. The summed E-state index contributed by atoms with van der Waals surface area (Å²) < 4.78 is 21.4. The molecule has 0 bridgehead atoms. The van der Waals surface area contributed by atoms with Crippen LogP contribution in [0.2, 0.25) is 0 Å². The molecule has 4 atom stereocenters. The molecule has 1 aromatic carbocycles. The average Bonchev–Trinajstić information content (AvgIpc) is 3.43. The molecule has 34 heavy (non-hydrogen) atoms. The Morgan fingerprint density at radius 3 is 2.79 bits per heavy atom. The van der Waals surface area contributed by atoms with E-state index < -0.39 is 0 Å². The summed E-state index contributed by atoms with van der Waals surface area (Å²) in [4.78, 5) is 23.8. The van der Waals surface area contributed by atoms with E-state index in [4.69, 9.17) is 15.5 Å². The Bertz CT molecular complexity index is 1450. The van der Waals surface area contributed by atoms with Crippen molar-refractivity contribution in [3.05, 3.63) is 35.7 Å². The first-order chi connectivity index (χ1) is 16.5.